The Morgan fingerprint density at radius 2 is 0.769 bits per heavy atom. The molecule has 0 atom stereocenters. The van der Waals surface area contributed by atoms with Gasteiger partial charge in [0.1, 0.15) is 0 Å². The fourth-order valence-corrected chi connectivity index (χ4v) is 3.67. The first kappa shape index (κ1) is 14.8. The Balaban J connectivity index is 2.06. The first-order chi connectivity index (χ1) is 12.9. The minimum Gasteiger partial charge on any atom is -0.148 e. The van der Waals surface area contributed by atoms with E-state index < -0.39 is 0 Å². The highest BCUT2D eigenvalue weighted by Crippen LogP contribution is 2.28. The van der Waals surface area contributed by atoms with Gasteiger partial charge in [-0.1, -0.05) is 36.4 Å². The van der Waals surface area contributed by atoms with E-state index in [4.69, 9.17) is 0 Å². The Hall–Kier alpha value is -3.52. The molecule has 0 spiro atoms. The largest absolute Gasteiger partial charge is 0.291 e. The number of hydrogen-bond donors (Lipinski definition) is 0. The summed E-state index contributed by atoms with van der Waals surface area (Å²) < 4.78 is 4.60. The lowest BCUT2D eigenvalue weighted by Gasteiger charge is -2.06. The van der Waals surface area contributed by atoms with Gasteiger partial charge in [-0.15, -0.1) is 8.80 Å². The van der Waals surface area contributed by atoms with Crippen molar-refractivity contribution in [3.05, 3.63) is 109 Å². The van der Waals surface area contributed by atoms with Crippen LogP contribution in [0.25, 0.3) is 33.5 Å². The lowest BCUT2D eigenvalue weighted by atomic mass is 10.0. The molecule has 26 heavy (non-hydrogen) atoms. The zero-order valence-electron chi connectivity index (χ0n) is 14.3. The maximum absolute atomic E-state index is 2.30. The average molecular weight is 334 g/mol. The first-order valence-corrected chi connectivity index (χ1v) is 8.81. The van der Waals surface area contributed by atoms with Crippen molar-refractivity contribution < 1.29 is 8.80 Å². The van der Waals surface area contributed by atoms with Crippen molar-refractivity contribution in [1.29, 1.82) is 0 Å². The fraction of sp³-hybridized carbons (Fsp3) is 0. The van der Waals surface area contributed by atoms with E-state index in [1.807, 2.05) is 0 Å². The molecular formula is C24H18N2+2. The zero-order valence-corrected chi connectivity index (χ0v) is 14.3. The molecule has 0 aliphatic carbocycles. The molecule has 3 aromatic heterocycles. The standard InChI is InChI=1S/C24H18N2/c1-3-11-19(12-4-1)23-24(20-13-5-2-6-14-20)26-18-10-8-16-22(26)21-15-7-9-17-25(21)23/h1-18H/q+2. The van der Waals surface area contributed by atoms with Gasteiger partial charge in [-0.05, 0) is 36.4 Å². The number of fused-ring (bicyclic) bond motifs is 3. The Morgan fingerprint density at radius 1 is 0.385 bits per heavy atom. The molecule has 5 aromatic rings. The van der Waals surface area contributed by atoms with Gasteiger partial charge in [-0.25, -0.2) is 0 Å². The zero-order chi connectivity index (χ0) is 17.3. The van der Waals surface area contributed by atoms with Gasteiger partial charge in [0.05, 0.1) is 11.1 Å². The summed E-state index contributed by atoms with van der Waals surface area (Å²) in [4.78, 5) is 0. The lowest BCUT2D eigenvalue weighted by molar-refractivity contribution is -0.547. The van der Waals surface area contributed by atoms with Gasteiger partial charge in [0.25, 0.3) is 22.4 Å². The number of nitrogens with zero attached hydrogens (tertiary/aromatic N) is 2. The lowest BCUT2D eigenvalue weighted by Crippen LogP contribution is -2.36. The van der Waals surface area contributed by atoms with Crippen LogP contribution in [0.3, 0.4) is 0 Å². The van der Waals surface area contributed by atoms with E-state index in [1.54, 1.807) is 0 Å². The number of pyridine rings is 2. The van der Waals surface area contributed by atoms with Crippen LogP contribution < -0.4 is 8.80 Å². The van der Waals surface area contributed by atoms with E-state index >= 15 is 0 Å². The molecule has 0 saturated heterocycles. The molecule has 2 nitrogen and oxygen atoms in total. The molecule has 0 unspecified atom stereocenters. The van der Waals surface area contributed by atoms with Gasteiger partial charge in [-0.3, -0.25) is 0 Å². The maximum atomic E-state index is 2.30. The van der Waals surface area contributed by atoms with Gasteiger partial charge in [0.2, 0.25) is 0 Å². The number of aromatic nitrogens is 2. The van der Waals surface area contributed by atoms with Gasteiger partial charge in [0.15, 0.2) is 12.4 Å². The van der Waals surface area contributed by atoms with Crippen LogP contribution in [0, 0.1) is 0 Å². The molecule has 0 aliphatic heterocycles. The van der Waals surface area contributed by atoms with Crippen LogP contribution in [0.5, 0.6) is 0 Å². The van der Waals surface area contributed by atoms with Crippen LogP contribution >= 0.6 is 0 Å². The number of rotatable bonds is 2. The Labute approximate surface area is 152 Å². The van der Waals surface area contributed by atoms with Gasteiger partial charge in [0, 0.05) is 24.3 Å². The van der Waals surface area contributed by atoms with Crippen LogP contribution in [-0.4, -0.2) is 0 Å². The quantitative estimate of drug-likeness (QED) is 0.332. The van der Waals surface area contributed by atoms with Crippen LogP contribution in [-0.2, 0) is 0 Å². The Kier molecular flexibility index (Phi) is 3.46. The molecule has 5 rings (SSSR count). The Bertz CT molecular complexity index is 1110. The topological polar surface area (TPSA) is 8.20 Å². The third-order valence-corrected chi connectivity index (χ3v) is 4.78. The summed E-state index contributed by atoms with van der Waals surface area (Å²) in [6.45, 7) is 0. The predicted octanol–water partition coefficient (Wildman–Crippen LogP) is 4.50. The van der Waals surface area contributed by atoms with E-state index in [-0.39, 0.29) is 0 Å². The predicted molar refractivity (Wildman–Crippen MR) is 104 cm³/mol. The van der Waals surface area contributed by atoms with Gasteiger partial charge in [-0.2, -0.15) is 0 Å². The summed E-state index contributed by atoms with van der Waals surface area (Å²) in [6, 6.07) is 33.9. The van der Waals surface area contributed by atoms with Crippen LogP contribution in [0.1, 0.15) is 0 Å². The highest BCUT2D eigenvalue weighted by atomic mass is 15.0. The second-order valence-corrected chi connectivity index (χ2v) is 6.34. The molecular weight excluding hydrogens is 316 g/mol. The summed E-state index contributed by atoms with van der Waals surface area (Å²) >= 11 is 0. The Morgan fingerprint density at radius 3 is 1.19 bits per heavy atom. The molecule has 0 radical (unpaired) electrons. The van der Waals surface area contributed by atoms with Crippen LogP contribution in [0.2, 0.25) is 0 Å². The van der Waals surface area contributed by atoms with E-state index in [0.717, 1.165) is 0 Å². The van der Waals surface area contributed by atoms with Crippen molar-refractivity contribution in [2.24, 2.45) is 0 Å². The van der Waals surface area contributed by atoms with Gasteiger partial charge < -0.3 is 0 Å². The van der Waals surface area contributed by atoms with E-state index in [9.17, 15) is 0 Å². The molecule has 0 amide bonds. The fourth-order valence-electron chi connectivity index (χ4n) is 3.67. The molecule has 0 saturated carbocycles. The smallest absolute Gasteiger partial charge is 0.148 e. The molecule has 2 heteroatoms. The van der Waals surface area contributed by atoms with Crippen molar-refractivity contribution in [1.82, 2.24) is 0 Å². The third-order valence-electron chi connectivity index (χ3n) is 4.78. The second kappa shape index (κ2) is 6.08. The molecule has 0 N–H and O–H groups in total. The van der Waals surface area contributed by atoms with Crippen molar-refractivity contribution >= 4 is 11.0 Å². The molecule has 122 valence electrons. The number of hydrogen-bond acceptors (Lipinski definition) is 0. The van der Waals surface area contributed by atoms with Crippen LogP contribution in [0.15, 0.2) is 109 Å². The van der Waals surface area contributed by atoms with Crippen molar-refractivity contribution in [2.75, 3.05) is 0 Å². The first-order valence-electron chi connectivity index (χ1n) is 8.81. The summed E-state index contributed by atoms with van der Waals surface area (Å²) in [5, 5.41) is 0. The molecule has 0 aliphatic rings. The van der Waals surface area contributed by atoms with Crippen LogP contribution in [0.4, 0.5) is 0 Å². The van der Waals surface area contributed by atoms with E-state index in [1.165, 1.54) is 33.5 Å². The maximum Gasteiger partial charge on any atom is 0.291 e. The molecule has 2 aromatic carbocycles. The highest BCUT2D eigenvalue weighted by molar-refractivity contribution is 5.78. The SMILES string of the molecule is c1ccc(-c2c(-c3ccccc3)[n+]3ccccc3c3cccc[n+]23)cc1. The van der Waals surface area contributed by atoms with Crippen molar-refractivity contribution in [3.63, 3.8) is 0 Å². The molecule has 3 heterocycles. The molecule has 0 fully saturated rings. The van der Waals surface area contributed by atoms with Gasteiger partial charge >= 0.3 is 0 Å². The highest BCUT2D eigenvalue weighted by Gasteiger charge is 2.30. The minimum absolute atomic E-state index is 1.19. The number of benzene rings is 2. The van der Waals surface area contributed by atoms with E-state index in [0.29, 0.717) is 0 Å². The third kappa shape index (κ3) is 2.27. The summed E-state index contributed by atoms with van der Waals surface area (Å²) in [5.74, 6) is 0. The normalized spacial score (nSPS) is 11.1. The van der Waals surface area contributed by atoms with E-state index in [2.05, 4.69) is 118 Å². The summed E-state index contributed by atoms with van der Waals surface area (Å²) in [5.41, 5.74) is 7.15. The van der Waals surface area contributed by atoms with Crippen molar-refractivity contribution in [3.8, 4) is 22.5 Å². The summed E-state index contributed by atoms with van der Waals surface area (Å²) in [7, 11) is 0. The molecule has 0 bridgehead atoms. The average Bonchev–Trinajstić information content (AvgIpc) is 2.74. The van der Waals surface area contributed by atoms with Crippen molar-refractivity contribution in [2.45, 2.75) is 0 Å². The second-order valence-electron chi connectivity index (χ2n) is 6.34. The monoisotopic (exact) mass is 334 g/mol. The minimum atomic E-state index is 1.19. The summed E-state index contributed by atoms with van der Waals surface area (Å²) in [6.07, 6.45) is 4.30.